The molecule has 1 aromatic heterocycles. The van der Waals surface area contributed by atoms with E-state index in [2.05, 4.69) is 60.0 Å². The van der Waals surface area contributed by atoms with Gasteiger partial charge in [-0.15, -0.1) is 0 Å². The molecular weight excluding hydrogens is 246 g/mol. The first-order chi connectivity index (χ1) is 9.79. The summed E-state index contributed by atoms with van der Waals surface area (Å²) in [4.78, 5) is 0. The van der Waals surface area contributed by atoms with Crippen LogP contribution in [0, 0.1) is 6.92 Å². The molecule has 0 aliphatic carbocycles. The Kier molecular flexibility index (Phi) is 3.30. The highest BCUT2D eigenvalue weighted by Gasteiger charge is 2.09. The Morgan fingerprint density at radius 1 is 0.850 bits per heavy atom. The average Bonchev–Trinajstić information content (AvgIpc) is 2.90. The van der Waals surface area contributed by atoms with Gasteiger partial charge in [0, 0.05) is 17.4 Å². The van der Waals surface area contributed by atoms with Crippen molar-refractivity contribution >= 4 is 0 Å². The maximum Gasteiger partial charge on any atom is 0.120 e. The molecule has 2 heteroatoms. The third kappa shape index (κ3) is 2.21. The first kappa shape index (κ1) is 12.5. The molecule has 0 bridgehead atoms. The third-order valence-electron chi connectivity index (χ3n) is 3.46. The Bertz CT molecular complexity index is 713. The molecule has 2 nitrogen and oxygen atoms in total. The van der Waals surface area contributed by atoms with Crippen molar-refractivity contribution in [3.05, 3.63) is 72.4 Å². The summed E-state index contributed by atoms with van der Waals surface area (Å²) in [5, 5.41) is 0. The van der Waals surface area contributed by atoms with Crippen LogP contribution < -0.4 is 4.74 Å². The summed E-state index contributed by atoms with van der Waals surface area (Å²) in [6.45, 7) is 2.12. The normalized spacial score (nSPS) is 10.5. The van der Waals surface area contributed by atoms with Gasteiger partial charge in [0.05, 0.1) is 12.8 Å². The van der Waals surface area contributed by atoms with Gasteiger partial charge in [0.1, 0.15) is 5.75 Å². The van der Waals surface area contributed by atoms with E-state index in [4.69, 9.17) is 4.74 Å². The molecule has 0 spiro atoms. The van der Waals surface area contributed by atoms with Gasteiger partial charge in [-0.1, -0.05) is 36.4 Å². The van der Waals surface area contributed by atoms with Gasteiger partial charge in [-0.05, 0) is 36.8 Å². The van der Waals surface area contributed by atoms with Gasteiger partial charge in [-0.3, -0.25) is 0 Å². The van der Waals surface area contributed by atoms with Gasteiger partial charge in [0.2, 0.25) is 0 Å². The van der Waals surface area contributed by atoms with Crippen molar-refractivity contribution in [2.45, 2.75) is 6.92 Å². The molecule has 100 valence electrons. The molecule has 0 saturated carbocycles. The van der Waals surface area contributed by atoms with Crippen LogP contribution in [-0.4, -0.2) is 11.7 Å². The second-order valence-corrected chi connectivity index (χ2v) is 4.76. The fraction of sp³-hybridized carbons (Fsp3) is 0.111. The molecule has 0 saturated heterocycles. The van der Waals surface area contributed by atoms with Gasteiger partial charge in [0.25, 0.3) is 0 Å². The molecule has 0 radical (unpaired) electrons. The van der Waals surface area contributed by atoms with Gasteiger partial charge in [0.15, 0.2) is 0 Å². The summed E-state index contributed by atoms with van der Waals surface area (Å²) < 4.78 is 7.57. The van der Waals surface area contributed by atoms with E-state index < -0.39 is 0 Å². The maximum absolute atomic E-state index is 5.33. The van der Waals surface area contributed by atoms with Crippen LogP contribution in [0.3, 0.4) is 0 Å². The summed E-state index contributed by atoms with van der Waals surface area (Å²) >= 11 is 0. The van der Waals surface area contributed by atoms with Gasteiger partial charge < -0.3 is 9.30 Å². The highest BCUT2D eigenvalue weighted by atomic mass is 16.5. The fourth-order valence-electron chi connectivity index (χ4n) is 2.47. The van der Waals surface area contributed by atoms with E-state index in [1.807, 2.05) is 18.2 Å². The fourth-order valence-corrected chi connectivity index (χ4v) is 2.47. The third-order valence-corrected chi connectivity index (χ3v) is 3.46. The zero-order valence-electron chi connectivity index (χ0n) is 11.7. The van der Waals surface area contributed by atoms with E-state index >= 15 is 0 Å². The predicted octanol–water partition coefficient (Wildman–Crippen LogP) is 4.46. The lowest BCUT2D eigenvalue weighted by Gasteiger charge is -2.13. The highest BCUT2D eigenvalue weighted by Crippen LogP contribution is 2.27. The number of hydrogen-bond donors (Lipinski definition) is 0. The zero-order valence-corrected chi connectivity index (χ0v) is 11.7. The smallest absolute Gasteiger partial charge is 0.120 e. The highest BCUT2D eigenvalue weighted by molar-refractivity contribution is 5.64. The maximum atomic E-state index is 5.33. The van der Waals surface area contributed by atoms with Crippen LogP contribution in [0.2, 0.25) is 0 Å². The first-order valence-electron chi connectivity index (χ1n) is 6.68. The van der Waals surface area contributed by atoms with E-state index in [1.165, 1.54) is 17.0 Å². The number of aryl methyl sites for hydroxylation is 1. The zero-order chi connectivity index (χ0) is 13.9. The first-order valence-corrected chi connectivity index (χ1v) is 6.68. The Morgan fingerprint density at radius 2 is 1.65 bits per heavy atom. The van der Waals surface area contributed by atoms with E-state index in [9.17, 15) is 0 Å². The minimum Gasteiger partial charge on any atom is -0.497 e. The topological polar surface area (TPSA) is 14.2 Å². The number of ether oxygens (including phenoxy) is 1. The number of rotatable bonds is 3. The van der Waals surface area contributed by atoms with Crippen molar-refractivity contribution in [2.75, 3.05) is 7.11 Å². The van der Waals surface area contributed by atoms with Crippen molar-refractivity contribution in [2.24, 2.45) is 0 Å². The van der Waals surface area contributed by atoms with E-state index in [1.54, 1.807) is 7.11 Å². The van der Waals surface area contributed by atoms with Crippen LogP contribution in [0.25, 0.3) is 16.9 Å². The molecule has 0 fully saturated rings. The van der Waals surface area contributed by atoms with Crippen molar-refractivity contribution in [3.8, 4) is 22.7 Å². The summed E-state index contributed by atoms with van der Waals surface area (Å²) in [7, 11) is 1.69. The molecule has 3 rings (SSSR count). The number of nitrogens with zero attached hydrogens (tertiary/aromatic N) is 1. The lowest BCUT2D eigenvalue weighted by molar-refractivity contribution is 0.414. The van der Waals surface area contributed by atoms with Crippen molar-refractivity contribution < 1.29 is 4.74 Å². The van der Waals surface area contributed by atoms with E-state index in [-0.39, 0.29) is 0 Å². The van der Waals surface area contributed by atoms with Gasteiger partial charge >= 0.3 is 0 Å². The van der Waals surface area contributed by atoms with Crippen molar-refractivity contribution in [1.82, 2.24) is 4.57 Å². The van der Waals surface area contributed by atoms with Gasteiger partial charge in [-0.25, -0.2) is 0 Å². The molecule has 0 atom stereocenters. The van der Waals surface area contributed by atoms with Crippen LogP contribution in [0.4, 0.5) is 0 Å². The number of methoxy groups -OCH3 is 1. The van der Waals surface area contributed by atoms with Crippen molar-refractivity contribution in [3.63, 3.8) is 0 Å². The minimum atomic E-state index is 0.870. The molecule has 0 unspecified atom stereocenters. The summed E-state index contributed by atoms with van der Waals surface area (Å²) in [5.41, 5.74) is 4.72. The molecule has 0 amide bonds. The summed E-state index contributed by atoms with van der Waals surface area (Å²) in [6.07, 6.45) is 0. The van der Waals surface area contributed by atoms with Crippen LogP contribution in [0.1, 0.15) is 5.69 Å². The van der Waals surface area contributed by atoms with E-state index in [0.717, 1.165) is 11.4 Å². The largest absolute Gasteiger partial charge is 0.497 e. The Morgan fingerprint density at radius 3 is 2.40 bits per heavy atom. The second kappa shape index (κ2) is 5.25. The standard InChI is InChI=1S/C18H17NO/c1-14-11-12-18(15-7-4-3-5-8-15)19(14)16-9-6-10-17(13-16)20-2/h3-13H,1-2H3. The van der Waals surface area contributed by atoms with Crippen LogP contribution in [0.15, 0.2) is 66.7 Å². The van der Waals surface area contributed by atoms with Crippen LogP contribution in [0.5, 0.6) is 5.75 Å². The second-order valence-electron chi connectivity index (χ2n) is 4.76. The monoisotopic (exact) mass is 263 g/mol. The number of aromatic nitrogens is 1. The molecule has 2 aromatic carbocycles. The minimum absolute atomic E-state index is 0.870. The van der Waals surface area contributed by atoms with Gasteiger partial charge in [-0.2, -0.15) is 0 Å². The molecular formula is C18H17NO. The van der Waals surface area contributed by atoms with Crippen molar-refractivity contribution in [1.29, 1.82) is 0 Å². The molecule has 0 aliphatic rings. The molecule has 0 aliphatic heterocycles. The lowest BCUT2D eigenvalue weighted by atomic mass is 10.1. The van der Waals surface area contributed by atoms with Crippen LogP contribution in [-0.2, 0) is 0 Å². The predicted molar refractivity (Wildman–Crippen MR) is 82.5 cm³/mol. The Hall–Kier alpha value is -2.48. The number of benzene rings is 2. The van der Waals surface area contributed by atoms with E-state index in [0.29, 0.717) is 0 Å². The lowest BCUT2D eigenvalue weighted by Crippen LogP contribution is -1.99. The average molecular weight is 263 g/mol. The molecule has 20 heavy (non-hydrogen) atoms. The number of hydrogen-bond acceptors (Lipinski definition) is 1. The Balaban J connectivity index is 2.16. The molecule has 0 N–H and O–H groups in total. The van der Waals surface area contributed by atoms with Crippen LogP contribution >= 0.6 is 0 Å². The molecule has 1 heterocycles. The quantitative estimate of drug-likeness (QED) is 0.680. The summed E-state index contributed by atoms with van der Waals surface area (Å²) in [6, 6.07) is 22.9. The SMILES string of the molecule is COc1cccc(-n2c(C)ccc2-c2ccccc2)c1. The Labute approximate surface area is 119 Å². The molecule has 3 aromatic rings. The summed E-state index contributed by atoms with van der Waals surface area (Å²) in [5.74, 6) is 0.870.